The molecule has 0 aliphatic carbocycles. The van der Waals surface area contributed by atoms with Crippen LogP contribution in [0.1, 0.15) is 24.1 Å². The summed E-state index contributed by atoms with van der Waals surface area (Å²) in [6.45, 7) is 6.30. The molecule has 2 aromatic heterocycles. The summed E-state index contributed by atoms with van der Waals surface area (Å²) in [7, 11) is 0. The molecule has 1 unspecified atom stereocenters. The summed E-state index contributed by atoms with van der Waals surface area (Å²) in [6.07, 6.45) is 8.08. The quantitative estimate of drug-likeness (QED) is 0.749. The maximum absolute atomic E-state index is 9.47. The zero-order chi connectivity index (χ0) is 18.6. The fourth-order valence-electron chi connectivity index (χ4n) is 3.98. The van der Waals surface area contributed by atoms with Crippen LogP contribution >= 0.6 is 0 Å². The Kier molecular flexibility index (Phi) is 5.21. The molecule has 1 N–H and O–H groups in total. The summed E-state index contributed by atoms with van der Waals surface area (Å²) in [5.41, 5.74) is 3.58. The lowest BCUT2D eigenvalue weighted by Crippen LogP contribution is -2.36. The molecule has 0 amide bonds. The number of nitrogens with zero attached hydrogens (tertiary/aromatic N) is 4. The summed E-state index contributed by atoms with van der Waals surface area (Å²) in [6, 6.07) is 11.6. The average Bonchev–Trinajstić information content (AvgIpc) is 3.05. The van der Waals surface area contributed by atoms with Crippen LogP contribution in [0.25, 0.3) is 11.4 Å². The molecule has 5 nitrogen and oxygen atoms in total. The van der Waals surface area contributed by atoms with Crippen LogP contribution in [0.3, 0.4) is 0 Å². The van der Waals surface area contributed by atoms with E-state index in [1.165, 1.54) is 24.1 Å². The molecule has 27 heavy (non-hydrogen) atoms. The minimum Gasteiger partial charge on any atom is -0.508 e. The fourth-order valence-corrected chi connectivity index (χ4v) is 3.98. The first-order valence-electron chi connectivity index (χ1n) is 9.62. The number of aryl methyl sites for hydroxylation is 1. The van der Waals surface area contributed by atoms with Crippen LogP contribution < -0.4 is 0 Å². The molecule has 3 heterocycles. The predicted molar refractivity (Wildman–Crippen MR) is 106 cm³/mol. The number of aromatic nitrogens is 3. The second-order valence-corrected chi connectivity index (χ2v) is 7.48. The van der Waals surface area contributed by atoms with Crippen LogP contribution in [-0.2, 0) is 13.1 Å². The third kappa shape index (κ3) is 4.19. The molecule has 1 aromatic carbocycles. The van der Waals surface area contributed by atoms with Crippen LogP contribution in [0.5, 0.6) is 5.75 Å². The van der Waals surface area contributed by atoms with Crippen LogP contribution in [0.15, 0.2) is 55.0 Å². The lowest BCUT2D eigenvalue weighted by atomic mass is 9.97. The van der Waals surface area contributed by atoms with Gasteiger partial charge in [0.2, 0.25) is 0 Å². The number of hydrogen-bond donors (Lipinski definition) is 1. The van der Waals surface area contributed by atoms with Crippen molar-refractivity contribution in [1.29, 1.82) is 0 Å². The van der Waals surface area contributed by atoms with Crippen molar-refractivity contribution in [2.24, 2.45) is 5.92 Å². The van der Waals surface area contributed by atoms with Crippen molar-refractivity contribution in [3.05, 3.63) is 66.2 Å². The maximum atomic E-state index is 9.47. The Labute approximate surface area is 160 Å². The molecular formula is C22H26N4O. The molecule has 1 saturated heterocycles. The van der Waals surface area contributed by atoms with Crippen molar-refractivity contribution in [3.8, 4) is 17.1 Å². The number of imidazole rings is 1. The number of hydrogen-bond acceptors (Lipinski definition) is 4. The highest BCUT2D eigenvalue weighted by Gasteiger charge is 2.22. The molecule has 1 fully saturated rings. The zero-order valence-corrected chi connectivity index (χ0v) is 15.8. The summed E-state index contributed by atoms with van der Waals surface area (Å²) in [5, 5.41) is 9.47. The van der Waals surface area contributed by atoms with E-state index in [9.17, 15) is 5.11 Å². The van der Waals surface area contributed by atoms with Crippen molar-refractivity contribution < 1.29 is 5.11 Å². The Balaban J connectivity index is 1.45. The third-order valence-corrected chi connectivity index (χ3v) is 5.38. The third-order valence-electron chi connectivity index (χ3n) is 5.38. The van der Waals surface area contributed by atoms with Gasteiger partial charge in [0, 0.05) is 49.5 Å². The van der Waals surface area contributed by atoms with E-state index in [1.54, 1.807) is 12.1 Å². The highest BCUT2D eigenvalue weighted by molar-refractivity contribution is 5.55. The van der Waals surface area contributed by atoms with Gasteiger partial charge in [-0.05, 0) is 62.1 Å². The van der Waals surface area contributed by atoms with Gasteiger partial charge < -0.3 is 9.67 Å². The van der Waals surface area contributed by atoms with Gasteiger partial charge in [-0.2, -0.15) is 0 Å². The van der Waals surface area contributed by atoms with Crippen LogP contribution in [-0.4, -0.2) is 37.6 Å². The number of phenols is 1. The smallest absolute Gasteiger partial charge is 0.140 e. The predicted octanol–water partition coefficient (Wildman–Crippen LogP) is 3.87. The van der Waals surface area contributed by atoms with E-state index in [1.807, 2.05) is 42.9 Å². The van der Waals surface area contributed by atoms with Crippen LogP contribution in [0.2, 0.25) is 0 Å². The second kappa shape index (κ2) is 7.92. The summed E-state index contributed by atoms with van der Waals surface area (Å²) in [4.78, 5) is 11.3. The van der Waals surface area contributed by atoms with E-state index in [2.05, 4.69) is 26.4 Å². The average molecular weight is 362 g/mol. The maximum Gasteiger partial charge on any atom is 0.140 e. The van der Waals surface area contributed by atoms with E-state index in [4.69, 9.17) is 0 Å². The number of pyridine rings is 1. The number of likely N-dealkylation sites (tertiary alicyclic amines) is 1. The van der Waals surface area contributed by atoms with E-state index < -0.39 is 0 Å². The van der Waals surface area contributed by atoms with E-state index in [-0.39, 0.29) is 0 Å². The molecule has 4 rings (SSSR count). The Morgan fingerprint density at radius 3 is 2.67 bits per heavy atom. The molecule has 140 valence electrons. The normalized spacial score (nSPS) is 17.9. The molecule has 0 saturated carbocycles. The molecule has 0 spiro atoms. The lowest BCUT2D eigenvalue weighted by molar-refractivity contribution is 0.156. The van der Waals surface area contributed by atoms with Gasteiger partial charge in [-0.1, -0.05) is 12.1 Å². The highest BCUT2D eigenvalue weighted by atomic mass is 16.3. The van der Waals surface area contributed by atoms with Gasteiger partial charge in [-0.15, -0.1) is 0 Å². The largest absolute Gasteiger partial charge is 0.508 e. The number of benzene rings is 1. The van der Waals surface area contributed by atoms with Gasteiger partial charge in [0.1, 0.15) is 11.6 Å². The minimum absolute atomic E-state index is 0.328. The summed E-state index contributed by atoms with van der Waals surface area (Å²) >= 11 is 0. The minimum atomic E-state index is 0.328. The Hall–Kier alpha value is -2.66. The van der Waals surface area contributed by atoms with Crippen LogP contribution in [0, 0.1) is 12.8 Å². The first-order valence-corrected chi connectivity index (χ1v) is 9.62. The number of piperidine rings is 1. The SMILES string of the molecule is Cc1cnc(-c2ccncc2)n1CC1CCCN(Cc2ccc(O)cc2)C1. The Bertz CT molecular complexity index is 873. The molecule has 3 aromatic rings. The second-order valence-electron chi connectivity index (χ2n) is 7.48. The Morgan fingerprint density at radius 1 is 1.11 bits per heavy atom. The molecular weight excluding hydrogens is 336 g/mol. The van der Waals surface area contributed by atoms with E-state index >= 15 is 0 Å². The van der Waals surface area contributed by atoms with Gasteiger partial charge in [-0.25, -0.2) is 4.98 Å². The first-order chi connectivity index (χ1) is 13.2. The van der Waals surface area contributed by atoms with Crippen molar-refractivity contribution in [2.45, 2.75) is 32.9 Å². The Morgan fingerprint density at radius 2 is 1.89 bits per heavy atom. The van der Waals surface area contributed by atoms with Crippen LogP contribution in [0.4, 0.5) is 0 Å². The summed E-state index contributed by atoms with van der Waals surface area (Å²) < 4.78 is 2.35. The summed E-state index contributed by atoms with van der Waals surface area (Å²) in [5.74, 6) is 1.98. The number of rotatable bonds is 5. The van der Waals surface area contributed by atoms with Crippen molar-refractivity contribution in [1.82, 2.24) is 19.4 Å². The van der Waals surface area contributed by atoms with Crippen molar-refractivity contribution in [2.75, 3.05) is 13.1 Å². The highest BCUT2D eigenvalue weighted by Crippen LogP contribution is 2.25. The van der Waals surface area contributed by atoms with Gasteiger partial charge in [0.05, 0.1) is 0 Å². The number of phenolic OH excluding ortho intramolecular Hbond substituents is 1. The fraction of sp³-hybridized carbons (Fsp3) is 0.364. The topological polar surface area (TPSA) is 54.2 Å². The molecule has 0 radical (unpaired) electrons. The van der Waals surface area contributed by atoms with E-state index in [0.717, 1.165) is 37.6 Å². The number of aromatic hydroxyl groups is 1. The zero-order valence-electron chi connectivity index (χ0n) is 15.8. The standard InChI is InChI=1S/C22H26N4O/c1-17-13-24-22(20-8-10-23-11-9-20)26(17)16-19-3-2-12-25(15-19)14-18-4-6-21(27)7-5-18/h4-11,13,19,27H,2-3,12,14-16H2,1H3. The van der Waals surface area contributed by atoms with E-state index in [0.29, 0.717) is 11.7 Å². The molecule has 1 atom stereocenters. The first kappa shape index (κ1) is 17.7. The lowest BCUT2D eigenvalue weighted by Gasteiger charge is -2.33. The van der Waals surface area contributed by atoms with Gasteiger partial charge in [0.25, 0.3) is 0 Å². The molecule has 0 bridgehead atoms. The monoisotopic (exact) mass is 362 g/mol. The molecule has 5 heteroatoms. The van der Waals surface area contributed by atoms with Gasteiger partial charge in [-0.3, -0.25) is 9.88 Å². The molecule has 1 aliphatic rings. The van der Waals surface area contributed by atoms with Crippen molar-refractivity contribution >= 4 is 0 Å². The van der Waals surface area contributed by atoms with Crippen molar-refractivity contribution in [3.63, 3.8) is 0 Å². The van der Waals surface area contributed by atoms with Gasteiger partial charge >= 0.3 is 0 Å². The van der Waals surface area contributed by atoms with Gasteiger partial charge in [0.15, 0.2) is 0 Å². The molecule has 1 aliphatic heterocycles.